The number of halogens is 6. The molecule has 1 amide bonds. The summed E-state index contributed by atoms with van der Waals surface area (Å²) in [5.41, 5.74) is -1.02. The molecule has 0 aromatic carbocycles. The number of hydrogen-bond acceptors (Lipinski definition) is 5. The molecule has 0 radical (unpaired) electrons. The Hall–Kier alpha value is -3.64. The zero-order valence-electron chi connectivity index (χ0n) is 18.4. The molecular formula is C22H20F6N6O. The van der Waals surface area contributed by atoms with Crippen molar-refractivity contribution in [2.75, 3.05) is 18.0 Å². The van der Waals surface area contributed by atoms with Crippen molar-refractivity contribution in [3.63, 3.8) is 0 Å². The molecule has 4 heterocycles. The quantitative estimate of drug-likeness (QED) is 0.540. The van der Waals surface area contributed by atoms with Gasteiger partial charge in [-0.05, 0) is 44.0 Å². The molecule has 0 atom stereocenters. The highest BCUT2D eigenvalue weighted by molar-refractivity contribution is 5.95. The lowest BCUT2D eigenvalue weighted by atomic mass is 10.0. The third-order valence-corrected chi connectivity index (χ3v) is 5.78. The average molecular weight is 498 g/mol. The zero-order chi connectivity index (χ0) is 25.4. The number of nitrogens with one attached hydrogen (secondary N) is 1. The van der Waals surface area contributed by atoms with E-state index in [-0.39, 0.29) is 23.3 Å². The second kappa shape index (κ2) is 9.19. The van der Waals surface area contributed by atoms with Crippen LogP contribution in [-0.4, -0.2) is 44.8 Å². The number of piperidine rings is 1. The number of alkyl halides is 6. The molecule has 186 valence electrons. The van der Waals surface area contributed by atoms with Gasteiger partial charge < -0.3 is 10.2 Å². The number of hydrogen-bond donors (Lipinski definition) is 1. The molecule has 1 aliphatic heterocycles. The summed E-state index contributed by atoms with van der Waals surface area (Å²) in [6.07, 6.45) is -5.01. The molecule has 4 rings (SSSR count). The van der Waals surface area contributed by atoms with Crippen LogP contribution in [0.25, 0.3) is 5.82 Å². The highest BCUT2D eigenvalue weighted by Crippen LogP contribution is 2.30. The van der Waals surface area contributed by atoms with Crippen molar-refractivity contribution in [2.45, 2.75) is 38.2 Å². The van der Waals surface area contributed by atoms with Gasteiger partial charge in [0.1, 0.15) is 5.82 Å². The van der Waals surface area contributed by atoms with Crippen LogP contribution < -0.4 is 10.2 Å². The Kier molecular flexibility index (Phi) is 6.43. The van der Waals surface area contributed by atoms with Crippen LogP contribution in [0.5, 0.6) is 0 Å². The molecule has 0 spiro atoms. The fourth-order valence-corrected chi connectivity index (χ4v) is 3.80. The summed E-state index contributed by atoms with van der Waals surface area (Å²) in [5.74, 6) is 0.197. The lowest BCUT2D eigenvalue weighted by Gasteiger charge is -2.33. The fourth-order valence-electron chi connectivity index (χ4n) is 3.80. The molecule has 1 aliphatic rings. The van der Waals surface area contributed by atoms with Gasteiger partial charge in [0.05, 0.1) is 28.6 Å². The minimum absolute atomic E-state index is 0.145. The molecule has 1 N–H and O–H groups in total. The van der Waals surface area contributed by atoms with Crippen molar-refractivity contribution in [3.8, 4) is 5.82 Å². The molecule has 35 heavy (non-hydrogen) atoms. The number of carbonyl (C=O) groups excluding carboxylic acids is 1. The van der Waals surface area contributed by atoms with Crippen molar-refractivity contribution >= 4 is 11.7 Å². The molecule has 0 bridgehead atoms. The standard InChI is InChI=1S/C22H20F6N6O/c1-13-17(12-31-34(13)19-5-3-15(11-30-19)22(26,27)28)20(35)32-16-6-8-33(9-7-16)18-4-2-14(10-29-18)21(23,24)25/h2-5,10-12,16H,6-9H2,1H3,(H,32,35). The lowest BCUT2D eigenvalue weighted by Crippen LogP contribution is -2.45. The third-order valence-electron chi connectivity index (χ3n) is 5.78. The van der Waals surface area contributed by atoms with Gasteiger partial charge >= 0.3 is 12.4 Å². The van der Waals surface area contributed by atoms with Gasteiger partial charge in [0.2, 0.25) is 0 Å². The summed E-state index contributed by atoms with van der Waals surface area (Å²) in [6.45, 7) is 2.61. The topological polar surface area (TPSA) is 75.9 Å². The van der Waals surface area contributed by atoms with Crippen molar-refractivity contribution in [2.24, 2.45) is 0 Å². The first-order chi connectivity index (χ1) is 16.4. The van der Waals surface area contributed by atoms with Gasteiger partial charge in [0.15, 0.2) is 5.82 Å². The molecule has 1 saturated heterocycles. The van der Waals surface area contributed by atoms with Crippen LogP contribution in [0.1, 0.15) is 40.0 Å². The molecule has 13 heteroatoms. The largest absolute Gasteiger partial charge is 0.417 e. The summed E-state index contributed by atoms with van der Waals surface area (Å²) in [4.78, 5) is 22.3. The van der Waals surface area contributed by atoms with E-state index in [0.717, 1.165) is 18.3 Å². The van der Waals surface area contributed by atoms with Gasteiger partial charge in [-0.3, -0.25) is 4.79 Å². The Morgan fingerprint density at radius 1 is 0.886 bits per heavy atom. The first kappa shape index (κ1) is 24.5. The van der Waals surface area contributed by atoms with Crippen LogP contribution in [0.2, 0.25) is 0 Å². The van der Waals surface area contributed by atoms with E-state index in [9.17, 15) is 31.1 Å². The van der Waals surface area contributed by atoms with Crippen molar-refractivity contribution < 1.29 is 31.1 Å². The first-order valence-corrected chi connectivity index (χ1v) is 10.6. The summed E-state index contributed by atoms with van der Waals surface area (Å²) < 4.78 is 77.7. The summed E-state index contributed by atoms with van der Waals surface area (Å²) in [6, 6.07) is 4.22. The minimum atomic E-state index is -4.51. The molecule has 3 aromatic rings. The molecule has 7 nitrogen and oxygen atoms in total. The van der Waals surface area contributed by atoms with E-state index in [1.807, 2.05) is 4.90 Å². The number of carbonyl (C=O) groups is 1. The molecule has 0 saturated carbocycles. The van der Waals surface area contributed by atoms with Gasteiger partial charge in [-0.15, -0.1) is 0 Å². The SMILES string of the molecule is Cc1c(C(=O)NC2CCN(c3ccc(C(F)(F)F)cn3)CC2)cnn1-c1ccc(C(F)(F)F)cn1. The third kappa shape index (κ3) is 5.38. The summed E-state index contributed by atoms with van der Waals surface area (Å²) in [7, 11) is 0. The van der Waals surface area contributed by atoms with Crippen LogP contribution in [0, 0.1) is 6.92 Å². The fraction of sp³-hybridized carbons (Fsp3) is 0.364. The molecule has 1 fully saturated rings. The first-order valence-electron chi connectivity index (χ1n) is 10.6. The van der Waals surface area contributed by atoms with Crippen LogP contribution >= 0.6 is 0 Å². The molecule has 0 aliphatic carbocycles. The predicted molar refractivity (Wildman–Crippen MR) is 113 cm³/mol. The predicted octanol–water partition coefficient (Wildman–Crippen LogP) is 4.41. The molecule has 3 aromatic heterocycles. The Morgan fingerprint density at radius 2 is 1.43 bits per heavy atom. The van der Waals surface area contributed by atoms with E-state index in [0.29, 0.717) is 43.6 Å². The Labute approximate surface area is 195 Å². The minimum Gasteiger partial charge on any atom is -0.356 e. The van der Waals surface area contributed by atoms with Crippen LogP contribution in [0.3, 0.4) is 0 Å². The second-order valence-corrected chi connectivity index (χ2v) is 8.10. The number of aromatic nitrogens is 4. The lowest BCUT2D eigenvalue weighted by molar-refractivity contribution is -0.138. The van der Waals surface area contributed by atoms with Crippen LogP contribution in [0.15, 0.2) is 42.9 Å². The van der Waals surface area contributed by atoms with E-state index < -0.39 is 23.5 Å². The van der Waals surface area contributed by atoms with Crippen LogP contribution in [-0.2, 0) is 12.4 Å². The maximum Gasteiger partial charge on any atom is 0.417 e. The van der Waals surface area contributed by atoms with E-state index >= 15 is 0 Å². The van der Waals surface area contributed by atoms with Gasteiger partial charge in [-0.25, -0.2) is 14.6 Å². The number of rotatable bonds is 4. The highest BCUT2D eigenvalue weighted by Gasteiger charge is 2.32. The van der Waals surface area contributed by atoms with Gasteiger partial charge in [0.25, 0.3) is 5.91 Å². The Bertz CT molecular complexity index is 1180. The van der Waals surface area contributed by atoms with Crippen molar-refractivity contribution in [3.05, 3.63) is 65.2 Å². The maximum atomic E-state index is 12.8. The molecule has 0 unspecified atom stereocenters. The second-order valence-electron chi connectivity index (χ2n) is 8.10. The number of pyridine rings is 2. The Morgan fingerprint density at radius 3 is 1.91 bits per heavy atom. The normalized spacial score (nSPS) is 15.3. The van der Waals surface area contributed by atoms with E-state index in [1.54, 1.807) is 6.92 Å². The molecular weight excluding hydrogens is 478 g/mol. The van der Waals surface area contributed by atoms with E-state index in [4.69, 9.17) is 0 Å². The Balaban J connectivity index is 1.36. The van der Waals surface area contributed by atoms with Crippen LogP contribution in [0.4, 0.5) is 32.2 Å². The van der Waals surface area contributed by atoms with Gasteiger partial charge in [-0.1, -0.05) is 0 Å². The maximum absolute atomic E-state index is 12.8. The monoisotopic (exact) mass is 498 g/mol. The summed E-state index contributed by atoms with van der Waals surface area (Å²) in [5, 5.41) is 7.00. The number of amides is 1. The van der Waals surface area contributed by atoms with Crippen molar-refractivity contribution in [1.82, 2.24) is 25.1 Å². The average Bonchev–Trinajstić information content (AvgIpc) is 3.20. The number of nitrogens with zero attached hydrogens (tertiary/aromatic N) is 5. The number of anilines is 1. The van der Waals surface area contributed by atoms with E-state index in [2.05, 4.69) is 20.4 Å². The summed E-state index contributed by atoms with van der Waals surface area (Å²) >= 11 is 0. The smallest absolute Gasteiger partial charge is 0.356 e. The zero-order valence-corrected chi connectivity index (χ0v) is 18.4. The van der Waals surface area contributed by atoms with Gasteiger partial charge in [0, 0.05) is 31.5 Å². The van der Waals surface area contributed by atoms with E-state index in [1.165, 1.54) is 23.0 Å². The highest BCUT2D eigenvalue weighted by atomic mass is 19.4. The van der Waals surface area contributed by atoms with Gasteiger partial charge in [-0.2, -0.15) is 31.4 Å². The van der Waals surface area contributed by atoms with Crippen molar-refractivity contribution in [1.29, 1.82) is 0 Å².